The Morgan fingerprint density at radius 2 is 2.04 bits per heavy atom. The first-order valence-electron chi connectivity index (χ1n) is 8.61. The molecular weight excluding hydrogens is 374 g/mol. The molecule has 0 saturated heterocycles. The van der Waals surface area contributed by atoms with Crippen molar-refractivity contribution in [1.82, 2.24) is 9.97 Å². The number of fused-ring (bicyclic) bond motifs is 1. The average molecular weight is 394 g/mol. The van der Waals surface area contributed by atoms with Crippen LogP contribution in [0.15, 0.2) is 36.5 Å². The van der Waals surface area contributed by atoms with Crippen LogP contribution in [0.1, 0.15) is 25.0 Å². The van der Waals surface area contributed by atoms with Crippen LogP contribution in [0.2, 0.25) is 5.02 Å². The van der Waals surface area contributed by atoms with Crippen LogP contribution in [-0.2, 0) is 11.2 Å². The Morgan fingerprint density at radius 1 is 1.29 bits per heavy atom. The van der Waals surface area contributed by atoms with E-state index in [9.17, 15) is 4.79 Å². The number of carbonyl (C=O) groups excluding carboxylic acids is 1. The lowest BCUT2D eigenvalue weighted by molar-refractivity contribution is -0.105. The highest BCUT2D eigenvalue weighted by Crippen LogP contribution is 2.27. The maximum atomic E-state index is 10.9. The number of amides is 1. The molecule has 2 aromatic carbocycles. The van der Waals surface area contributed by atoms with E-state index in [1.165, 1.54) is 0 Å². The molecule has 0 radical (unpaired) electrons. The van der Waals surface area contributed by atoms with Crippen molar-refractivity contribution < 1.29 is 4.79 Å². The molecule has 0 aliphatic heterocycles. The molecule has 0 atom stereocenters. The van der Waals surface area contributed by atoms with Gasteiger partial charge in [-0.05, 0) is 56.2 Å². The van der Waals surface area contributed by atoms with Crippen LogP contribution in [0.25, 0.3) is 10.9 Å². The molecule has 1 amide bonds. The topological polar surface area (TPSA) is 92.9 Å². The summed E-state index contributed by atoms with van der Waals surface area (Å²) < 4.78 is 0. The highest BCUT2D eigenvalue weighted by Gasteiger charge is 2.14. The summed E-state index contributed by atoms with van der Waals surface area (Å²) in [6.45, 7) is 3.89. The molecule has 142 valence electrons. The number of benzene rings is 2. The third-order valence-corrected chi connectivity index (χ3v) is 4.40. The minimum Gasteiger partial charge on any atom is -0.329 e. The van der Waals surface area contributed by atoms with E-state index in [0.29, 0.717) is 46.0 Å². The van der Waals surface area contributed by atoms with Crippen molar-refractivity contribution in [3.63, 3.8) is 0 Å². The van der Waals surface area contributed by atoms with E-state index in [4.69, 9.17) is 23.8 Å². The zero-order chi connectivity index (χ0) is 20.3. The van der Waals surface area contributed by atoms with Gasteiger partial charge in [0, 0.05) is 34.1 Å². The van der Waals surface area contributed by atoms with Crippen molar-refractivity contribution in [3.8, 4) is 12.3 Å². The fourth-order valence-electron chi connectivity index (χ4n) is 2.92. The van der Waals surface area contributed by atoms with Gasteiger partial charge >= 0.3 is 0 Å². The van der Waals surface area contributed by atoms with Crippen molar-refractivity contribution in [2.24, 2.45) is 5.73 Å². The zero-order valence-corrected chi connectivity index (χ0v) is 16.3. The Morgan fingerprint density at radius 3 is 2.71 bits per heavy atom. The first-order valence-corrected chi connectivity index (χ1v) is 8.99. The van der Waals surface area contributed by atoms with Crippen LogP contribution in [-0.4, -0.2) is 21.9 Å². The lowest BCUT2D eigenvalue weighted by atomic mass is 9.95. The zero-order valence-electron chi connectivity index (χ0n) is 15.6. The van der Waals surface area contributed by atoms with E-state index in [0.717, 1.165) is 11.3 Å². The molecule has 0 spiro atoms. The molecule has 0 unspecified atom stereocenters. The number of nitrogens with zero attached hydrogens (tertiary/aromatic N) is 2. The van der Waals surface area contributed by atoms with Crippen molar-refractivity contribution >= 4 is 46.2 Å². The highest BCUT2D eigenvalue weighted by molar-refractivity contribution is 6.36. The lowest BCUT2D eigenvalue weighted by Crippen LogP contribution is -2.34. The predicted octanol–water partition coefficient (Wildman–Crippen LogP) is 3.86. The summed E-state index contributed by atoms with van der Waals surface area (Å²) >= 11 is 6.30. The molecule has 4 N–H and O–H groups in total. The van der Waals surface area contributed by atoms with Crippen molar-refractivity contribution in [2.45, 2.75) is 25.8 Å². The molecule has 7 heteroatoms. The van der Waals surface area contributed by atoms with Crippen LogP contribution in [0.3, 0.4) is 0 Å². The maximum Gasteiger partial charge on any atom is 0.227 e. The summed E-state index contributed by atoms with van der Waals surface area (Å²) in [5.41, 5.74) is 9.38. The smallest absolute Gasteiger partial charge is 0.227 e. The Balaban J connectivity index is 1.96. The van der Waals surface area contributed by atoms with Gasteiger partial charge in [-0.15, -0.1) is 6.42 Å². The number of terminal acetylenes is 1. The molecule has 0 fully saturated rings. The van der Waals surface area contributed by atoms with Crippen LogP contribution >= 0.6 is 11.6 Å². The van der Waals surface area contributed by atoms with Gasteiger partial charge in [0.1, 0.15) is 0 Å². The van der Waals surface area contributed by atoms with Gasteiger partial charge in [-0.3, -0.25) is 4.79 Å². The minimum atomic E-state index is -0.387. The molecule has 0 aliphatic carbocycles. The number of nitrogens with two attached hydrogens (primary N) is 1. The van der Waals surface area contributed by atoms with E-state index < -0.39 is 0 Å². The summed E-state index contributed by atoms with van der Waals surface area (Å²) in [5.74, 6) is 2.94. The Bertz CT molecular complexity index is 1080. The quantitative estimate of drug-likeness (QED) is 0.437. The SMILES string of the molecule is C#Cc1ccc2nc(Nc3cc(CC(C)(C)N)cc(NC=O)c3)ncc2c1Cl. The van der Waals surface area contributed by atoms with Gasteiger partial charge in [-0.1, -0.05) is 17.5 Å². The molecule has 1 heterocycles. The normalized spacial score (nSPS) is 11.1. The number of halogens is 1. The molecule has 1 aromatic heterocycles. The van der Waals surface area contributed by atoms with Crippen molar-refractivity contribution in [2.75, 3.05) is 10.6 Å². The second kappa shape index (κ2) is 7.85. The van der Waals surface area contributed by atoms with Crippen molar-refractivity contribution in [3.05, 3.63) is 52.7 Å². The first-order chi connectivity index (χ1) is 13.3. The van der Waals surface area contributed by atoms with Crippen LogP contribution < -0.4 is 16.4 Å². The molecule has 28 heavy (non-hydrogen) atoms. The van der Waals surface area contributed by atoms with E-state index >= 15 is 0 Å². The number of rotatable bonds is 6. The average Bonchev–Trinajstić information content (AvgIpc) is 2.60. The van der Waals surface area contributed by atoms with Crippen LogP contribution in [0.5, 0.6) is 0 Å². The summed E-state index contributed by atoms with van der Waals surface area (Å²) in [7, 11) is 0. The fourth-order valence-corrected chi connectivity index (χ4v) is 3.18. The van der Waals surface area contributed by atoms with Crippen LogP contribution in [0, 0.1) is 12.3 Å². The summed E-state index contributed by atoms with van der Waals surface area (Å²) in [6.07, 6.45) is 8.34. The number of hydrogen-bond acceptors (Lipinski definition) is 5. The molecule has 0 aliphatic rings. The second-order valence-electron chi connectivity index (χ2n) is 7.17. The van der Waals surface area contributed by atoms with Crippen molar-refractivity contribution in [1.29, 1.82) is 0 Å². The van der Waals surface area contributed by atoms with Gasteiger partial charge in [0.15, 0.2) is 0 Å². The fraction of sp³-hybridized carbons (Fsp3) is 0.190. The monoisotopic (exact) mass is 393 g/mol. The third kappa shape index (κ3) is 4.58. The van der Waals surface area contributed by atoms with Gasteiger partial charge in [0.25, 0.3) is 0 Å². The molecule has 3 rings (SSSR count). The van der Waals surface area contributed by atoms with Crippen LogP contribution in [0.4, 0.5) is 17.3 Å². The Labute approximate surface area is 168 Å². The molecule has 3 aromatic rings. The third-order valence-electron chi connectivity index (χ3n) is 3.99. The standard InChI is InChI=1S/C21H20ClN5O/c1-4-14-5-6-18-17(19(14)22)11-24-20(27-18)26-16-8-13(10-21(2,3)23)7-15(9-16)25-12-28/h1,5-9,11-12H,10,23H2,2-3H3,(H,25,28)(H,24,26,27). The number of nitrogens with one attached hydrogen (secondary N) is 2. The summed E-state index contributed by atoms with van der Waals surface area (Å²) in [4.78, 5) is 19.7. The van der Waals surface area contributed by atoms with E-state index in [1.807, 2.05) is 26.0 Å². The maximum absolute atomic E-state index is 10.9. The van der Waals surface area contributed by atoms with Gasteiger partial charge in [0.2, 0.25) is 12.4 Å². The summed E-state index contributed by atoms with van der Waals surface area (Å²) in [6, 6.07) is 9.18. The van der Waals surface area contributed by atoms with Gasteiger partial charge in [0.05, 0.1) is 10.5 Å². The van der Waals surface area contributed by atoms with E-state index in [-0.39, 0.29) is 5.54 Å². The second-order valence-corrected chi connectivity index (χ2v) is 7.55. The predicted molar refractivity (Wildman–Crippen MR) is 114 cm³/mol. The minimum absolute atomic E-state index is 0.387. The number of carbonyl (C=O) groups is 1. The molecule has 6 nitrogen and oxygen atoms in total. The van der Waals surface area contributed by atoms with E-state index in [2.05, 4.69) is 26.5 Å². The van der Waals surface area contributed by atoms with Gasteiger partial charge in [-0.25, -0.2) is 9.97 Å². The molecule has 0 bridgehead atoms. The first kappa shape index (κ1) is 19.6. The lowest BCUT2D eigenvalue weighted by Gasteiger charge is -2.19. The van der Waals surface area contributed by atoms with Gasteiger partial charge in [-0.2, -0.15) is 0 Å². The Hall–Kier alpha value is -3.14. The largest absolute Gasteiger partial charge is 0.329 e. The number of hydrogen-bond donors (Lipinski definition) is 3. The van der Waals surface area contributed by atoms with E-state index in [1.54, 1.807) is 24.4 Å². The molecular formula is C21H20ClN5O. The number of aromatic nitrogens is 2. The Kier molecular flexibility index (Phi) is 5.50. The summed E-state index contributed by atoms with van der Waals surface area (Å²) in [5, 5.41) is 6.98. The molecule has 0 saturated carbocycles. The van der Waals surface area contributed by atoms with Gasteiger partial charge < -0.3 is 16.4 Å². The highest BCUT2D eigenvalue weighted by atomic mass is 35.5. The number of anilines is 3.